The van der Waals surface area contributed by atoms with E-state index < -0.39 is 6.04 Å². The van der Waals surface area contributed by atoms with E-state index in [1.165, 1.54) is 24.8 Å². The lowest BCUT2D eigenvalue weighted by Crippen LogP contribution is -2.53. The van der Waals surface area contributed by atoms with E-state index >= 15 is 0 Å². The smallest absolute Gasteiger partial charge is 0.251 e. The Labute approximate surface area is 175 Å². The lowest BCUT2D eigenvalue weighted by atomic mass is 9.78. The summed E-state index contributed by atoms with van der Waals surface area (Å²) in [5, 5.41) is 7.06. The fourth-order valence-electron chi connectivity index (χ4n) is 5.33. The number of hydrogen-bond acceptors (Lipinski definition) is 6. The van der Waals surface area contributed by atoms with Crippen LogP contribution in [0.25, 0.3) is 0 Å². The van der Waals surface area contributed by atoms with E-state index in [2.05, 4.69) is 26.4 Å². The lowest BCUT2D eigenvalue weighted by Gasteiger charge is -2.46. The maximum atomic E-state index is 13.3. The van der Waals surface area contributed by atoms with E-state index in [4.69, 9.17) is 4.52 Å². The number of rotatable bonds is 5. The molecule has 0 aromatic carbocycles. The van der Waals surface area contributed by atoms with Crippen LogP contribution >= 0.6 is 0 Å². The molecule has 0 unspecified atom stereocenters. The molecule has 1 fully saturated rings. The van der Waals surface area contributed by atoms with Crippen molar-refractivity contribution in [2.45, 2.75) is 50.6 Å². The van der Waals surface area contributed by atoms with Gasteiger partial charge in [-0.25, -0.2) is 0 Å². The molecule has 1 amide bonds. The van der Waals surface area contributed by atoms with Gasteiger partial charge in [0.15, 0.2) is 5.82 Å². The molecule has 0 radical (unpaired) electrons. The number of carbonyl (C=O) groups excluding carboxylic acids is 1. The Morgan fingerprint density at radius 1 is 1.27 bits per heavy atom. The SMILES string of the molecule is O=C(NCC1=CCCCC1)[C@H]1[C@@H]2C[C@@H](CN(Cc3ncon3)C2)c2cccc(=O)n21. The van der Waals surface area contributed by atoms with Crippen LogP contribution in [-0.4, -0.2) is 45.1 Å². The number of allylic oxidation sites excluding steroid dienone is 1. The Kier molecular flexibility index (Phi) is 5.25. The van der Waals surface area contributed by atoms with Crippen LogP contribution in [0.4, 0.5) is 0 Å². The monoisotopic (exact) mass is 409 g/mol. The first-order valence-corrected chi connectivity index (χ1v) is 10.8. The average Bonchev–Trinajstić information content (AvgIpc) is 3.27. The van der Waals surface area contributed by atoms with Gasteiger partial charge in [0.25, 0.3) is 5.56 Å². The van der Waals surface area contributed by atoms with Crippen LogP contribution in [0.5, 0.6) is 0 Å². The van der Waals surface area contributed by atoms with Gasteiger partial charge in [0.2, 0.25) is 12.3 Å². The summed E-state index contributed by atoms with van der Waals surface area (Å²) in [5.41, 5.74) is 2.16. The van der Waals surface area contributed by atoms with Crippen LogP contribution in [0.15, 0.2) is 45.6 Å². The highest BCUT2D eigenvalue weighted by atomic mass is 16.5. The van der Waals surface area contributed by atoms with Gasteiger partial charge in [0, 0.05) is 43.2 Å². The summed E-state index contributed by atoms with van der Waals surface area (Å²) in [6, 6.07) is 4.87. The summed E-state index contributed by atoms with van der Waals surface area (Å²) < 4.78 is 6.61. The van der Waals surface area contributed by atoms with Gasteiger partial charge in [-0.3, -0.25) is 19.1 Å². The van der Waals surface area contributed by atoms with Gasteiger partial charge >= 0.3 is 0 Å². The molecular formula is C22H27N5O3. The lowest BCUT2D eigenvalue weighted by molar-refractivity contribution is -0.127. The molecule has 4 heterocycles. The second kappa shape index (κ2) is 8.18. The third-order valence-electron chi connectivity index (χ3n) is 6.64. The van der Waals surface area contributed by atoms with Crippen LogP contribution in [-0.2, 0) is 11.3 Å². The summed E-state index contributed by atoms with van der Waals surface area (Å²) in [4.78, 5) is 32.5. The summed E-state index contributed by atoms with van der Waals surface area (Å²) in [7, 11) is 0. The van der Waals surface area contributed by atoms with Crippen LogP contribution < -0.4 is 10.9 Å². The maximum absolute atomic E-state index is 13.3. The van der Waals surface area contributed by atoms with Crippen molar-refractivity contribution in [3.05, 3.63) is 58.1 Å². The van der Waals surface area contributed by atoms with E-state index in [9.17, 15) is 9.59 Å². The van der Waals surface area contributed by atoms with Crippen molar-refractivity contribution in [2.24, 2.45) is 5.92 Å². The van der Waals surface area contributed by atoms with E-state index in [-0.39, 0.29) is 23.3 Å². The number of likely N-dealkylation sites (tertiary alicyclic amines) is 1. The molecule has 158 valence electrons. The predicted molar refractivity (Wildman–Crippen MR) is 110 cm³/mol. The number of amides is 1. The molecule has 30 heavy (non-hydrogen) atoms. The molecule has 1 aliphatic carbocycles. The van der Waals surface area contributed by atoms with E-state index in [1.807, 2.05) is 6.07 Å². The third kappa shape index (κ3) is 3.71. The molecule has 5 rings (SSSR count). The van der Waals surface area contributed by atoms with Crippen molar-refractivity contribution in [1.29, 1.82) is 0 Å². The van der Waals surface area contributed by atoms with Gasteiger partial charge in [-0.1, -0.05) is 22.9 Å². The van der Waals surface area contributed by atoms with Gasteiger partial charge in [-0.15, -0.1) is 0 Å². The van der Waals surface area contributed by atoms with Crippen LogP contribution in [0.3, 0.4) is 0 Å². The molecule has 2 aromatic heterocycles. The number of fused-ring (bicyclic) bond motifs is 4. The fourth-order valence-corrected chi connectivity index (χ4v) is 5.33. The quantitative estimate of drug-likeness (QED) is 0.760. The summed E-state index contributed by atoms with van der Waals surface area (Å²) >= 11 is 0. The normalized spacial score (nSPS) is 26.0. The van der Waals surface area contributed by atoms with Crippen molar-refractivity contribution in [3.63, 3.8) is 0 Å². The molecule has 3 atom stereocenters. The van der Waals surface area contributed by atoms with Gasteiger partial charge in [-0.05, 0) is 38.2 Å². The molecule has 1 N–H and O–H groups in total. The molecule has 2 bridgehead atoms. The number of nitrogens with one attached hydrogen (secondary N) is 1. The molecule has 2 aromatic rings. The van der Waals surface area contributed by atoms with Crippen LogP contribution in [0, 0.1) is 5.92 Å². The molecule has 2 aliphatic heterocycles. The first-order chi connectivity index (χ1) is 14.7. The number of piperidine rings is 1. The highest BCUT2D eigenvalue weighted by Crippen LogP contribution is 2.41. The second-order valence-electron chi connectivity index (χ2n) is 8.66. The number of hydrogen-bond donors (Lipinski definition) is 1. The topological polar surface area (TPSA) is 93.3 Å². The van der Waals surface area contributed by atoms with Gasteiger partial charge < -0.3 is 9.84 Å². The molecule has 8 nitrogen and oxygen atoms in total. The first-order valence-electron chi connectivity index (χ1n) is 10.8. The Balaban J connectivity index is 1.40. The highest BCUT2D eigenvalue weighted by molar-refractivity contribution is 5.81. The standard InChI is InChI=1S/C22H27N5O3/c28-20-8-4-7-18-16-9-17(12-26(11-16)13-19-24-14-30-25-19)21(27(18)20)22(29)23-10-15-5-2-1-3-6-15/h4-5,7-8,14,16-17,21H,1-3,6,9-13H2,(H,23,29)/t16-,17+,21+/m0/s1. The second-order valence-corrected chi connectivity index (χ2v) is 8.66. The molecule has 1 saturated heterocycles. The number of aromatic nitrogens is 3. The highest BCUT2D eigenvalue weighted by Gasteiger charge is 2.43. The van der Waals surface area contributed by atoms with Crippen molar-refractivity contribution in [2.75, 3.05) is 19.6 Å². The van der Waals surface area contributed by atoms with Gasteiger partial charge in [0.05, 0.1) is 6.54 Å². The zero-order valence-electron chi connectivity index (χ0n) is 17.0. The Hall–Kier alpha value is -2.74. The van der Waals surface area contributed by atoms with E-state index in [0.717, 1.165) is 38.0 Å². The number of pyridine rings is 1. The third-order valence-corrected chi connectivity index (χ3v) is 6.64. The fraction of sp³-hybridized carbons (Fsp3) is 0.545. The molecular weight excluding hydrogens is 382 g/mol. The summed E-state index contributed by atoms with van der Waals surface area (Å²) in [6.07, 6.45) is 9.04. The summed E-state index contributed by atoms with van der Waals surface area (Å²) in [6.45, 7) is 2.71. The van der Waals surface area contributed by atoms with Crippen molar-refractivity contribution < 1.29 is 9.32 Å². The first kappa shape index (κ1) is 19.2. The molecule has 3 aliphatic rings. The number of nitrogens with zero attached hydrogens (tertiary/aromatic N) is 4. The Morgan fingerprint density at radius 3 is 3.00 bits per heavy atom. The van der Waals surface area contributed by atoms with Crippen molar-refractivity contribution in [1.82, 2.24) is 24.9 Å². The van der Waals surface area contributed by atoms with Gasteiger partial charge in [-0.2, -0.15) is 4.98 Å². The number of carbonyl (C=O) groups is 1. The minimum absolute atomic E-state index is 0.0547. The minimum atomic E-state index is -0.484. The largest absolute Gasteiger partial charge is 0.351 e. The zero-order valence-corrected chi connectivity index (χ0v) is 17.0. The van der Waals surface area contributed by atoms with E-state index in [1.54, 1.807) is 16.7 Å². The van der Waals surface area contributed by atoms with Crippen molar-refractivity contribution >= 4 is 5.91 Å². The zero-order chi connectivity index (χ0) is 20.5. The summed E-state index contributed by atoms with van der Waals surface area (Å²) in [5.74, 6) is 0.879. The van der Waals surface area contributed by atoms with Crippen LogP contribution in [0.2, 0.25) is 0 Å². The predicted octanol–water partition coefficient (Wildman–Crippen LogP) is 2.01. The van der Waals surface area contributed by atoms with Crippen LogP contribution in [0.1, 0.15) is 55.6 Å². The Morgan fingerprint density at radius 2 is 2.20 bits per heavy atom. The average molecular weight is 409 g/mol. The molecule has 8 heteroatoms. The maximum Gasteiger partial charge on any atom is 0.251 e. The molecule has 0 spiro atoms. The van der Waals surface area contributed by atoms with Gasteiger partial charge in [0.1, 0.15) is 6.04 Å². The molecule has 0 saturated carbocycles. The van der Waals surface area contributed by atoms with Crippen molar-refractivity contribution in [3.8, 4) is 0 Å². The van der Waals surface area contributed by atoms with E-state index in [0.29, 0.717) is 18.9 Å². The minimum Gasteiger partial charge on any atom is -0.351 e. The Bertz CT molecular complexity index is 996.